The number of rotatable bonds is 1. The average molecular weight is 197 g/mol. The largest absolute Gasteiger partial charge is 0.312 e. The van der Waals surface area contributed by atoms with Gasteiger partial charge >= 0.3 is 0 Å². The highest BCUT2D eigenvalue weighted by Gasteiger charge is 2.34. The Morgan fingerprint density at radius 2 is 2.40 bits per heavy atom. The van der Waals surface area contributed by atoms with E-state index < -0.39 is 0 Å². The summed E-state index contributed by atoms with van der Waals surface area (Å²) in [5.41, 5.74) is 3.07. The number of aromatic nitrogens is 1. The maximum Gasteiger partial charge on any atom is 0.101 e. The van der Waals surface area contributed by atoms with E-state index in [9.17, 15) is 0 Å². The van der Waals surface area contributed by atoms with Crippen LogP contribution in [0.15, 0.2) is 24.5 Å². The molecule has 0 bridgehead atoms. The third kappa shape index (κ3) is 1.34. The molecule has 1 aromatic heterocycles. The molecule has 3 rings (SSSR count). The van der Waals surface area contributed by atoms with Crippen LogP contribution in [-0.2, 0) is 0 Å². The van der Waals surface area contributed by atoms with Crippen LogP contribution >= 0.6 is 0 Å². The molecule has 2 atom stereocenters. The van der Waals surface area contributed by atoms with Crippen molar-refractivity contribution in [2.45, 2.75) is 12.5 Å². The maximum atomic E-state index is 8.80. The molecule has 1 aliphatic heterocycles. The summed E-state index contributed by atoms with van der Waals surface area (Å²) in [6.45, 7) is 1.10. The monoisotopic (exact) mass is 197 g/mol. The second-order valence-electron chi connectivity index (χ2n) is 4.15. The molecular weight excluding hydrogens is 186 g/mol. The van der Waals surface area contributed by atoms with E-state index >= 15 is 0 Å². The quantitative estimate of drug-likeness (QED) is 0.738. The fourth-order valence-electron chi connectivity index (χ4n) is 2.27. The maximum absolute atomic E-state index is 8.80. The molecule has 0 spiro atoms. The van der Waals surface area contributed by atoms with Gasteiger partial charge in [0, 0.05) is 30.9 Å². The van der Waals surface area contributed by atoms with E-state index in [-0.39, 0.29) is 0 Å². The summed E-state index contributed by atoms with van der Waals surface area (Å²) in [5, 5.41) is 12.2. The number of nitrogens with one attached hydrogen (secondary N) is 1. The van der Waals surface area contributed by atoms with Crippen LogP contribution < -0.4 is 5.32 Å². The van der Waals surface area contributed by atoms with Crippen molar-refractivity contribution in [1.82, 2.24) is 10.3 Å². The molecule has 0 unspecified atom stereocenters. The number of hydrogen-bond acceptors (Lipinski definition) is 3. The first kappa shape index (κ1) is 8.63. The molecule has 1 N–H and O–H groups in total. The molecule has 0 aromatic carbocycles. The van der Waals surface area contributed by atoms with Gasteiger partial charge in [0.25, 0.3) is 0 Å². The molecule has 1 aliphatic carbocycles. The van der Waals surface area contributed by atoms with E-state index in [2.05, 4.69) is 22.4 Å². The van der Waals surface area contributed by atoms with Gasteiger partial charge in [-0.1, -0.05) is 6.08 Å². The SMILES string of the molecule is N#Cc1cncc(C2=C[C@@H]3CN[C@@H]3C2)c1. The van der Waals surface area contributed by atoms with Crippen molar-refractivity contribution < 1.29 is 0 Å². The van der Waals surface area contributed by atoms with Gasteiger partial charge in [0.1, 0.15) is 6.07 Å². The minimum Gasteiger partial charge on any atom is -0.312 e. The van der Waals surface area contributed by atoms with E-state index in [1.807, 2.05) is 12.3 Å². The highest BCUT2D eigenvalue weighted by Crippen LogP contribution is 2.35. The van der Waals surface area contributed by atoms with Crippen LogP contribution in [0, 0.1) is 17.2 Å². The summed E-state index contributed by atoms with van der Waals surface area (Å²) in [7, 11) is 0. The molecule has 3 nitrogen and oxygen atoms in total. The first-order valence-electron chi connectivity index (χ1n) is 5.16. The molecular formula is C12H11N3. The van der Waals surface area contributed by atoms with Crippen LogP contribution in [0.25, 0.3) is 5.57 Å². The third-order valence-corrected chi connectivity index (χ3v) is 3.23. The molecule has 3 heteroatoms. The van der Waals surface area contributed by atoms with Crippen molar-refractivity contribution in [3.63, 3.8) is 0 Å². The van der Waals surface area contributed by atoms with Crippen LogP contribution in [0.2, 0.25) is 0 Å². The Hall–Kier alpha value is -1.66. The summed E-state index contributed by atoms with van der Waals surface area (Å²) in [6.07, 6.45) is 6.84. The summed E-state index contributed by atoms with van der Waals surface area (Å²) in [6, 6.07) is 4.67. The normalized spacial score (nSPS) is 27.5. The Labute approximate surface area is 88.4 Å². The topological polar surface area (TPSA) is 48.7 Å². The van der Waals surface area contributed by atoms with Gasteiger partial charge in [-0.2, -0.15) is 5.26 Å². The standard InChI is InChI=1S/C12H11N3/c13-4-8-1-10(6-14-5-8)9-2-11-7-15-12(11)3-9/h1-2,5-6,11-12,15H,3,7H2/t11-,12-/m1/s1. The van der Waals surface area contributed by atoms with Crippen LogP contribution in [-0.4, -0.2) is 17.6 Å². The zero-order valence-electron chi connectivity index (χ0n) is 8.27. The average Bonchev–Trinajstić information content (AvgIpc) is 2.55. The molecule has 0 radical (unpaired) electrons. The lowest BCUT2D eigenvalue weighted by atomic mass is 9.95. The Morgan fingerprint density at radius 3 is 3.00 bits per heavy atom. The highest BCUT2D eigenvalue weighted by molar-refractivity contribution is 5.69. The van der Waals surface area contributed by atoms with Crippen molar-refractivity contribution in [3.05, 3.63) is 35.7 Å². The minimum absolute atomic E-state index is 0.630. The molecule has 0 saturated carbocycles. The predicted molar refractivity (Wildman–Crippen MR) is 56.8 cm³/mol. The van der Waals surface area contributed by atoms with Crippen molar-refractivity contribution in [1.29, 1.82) is 5.26 Å². The van der Waals surface area contributed by atoms with Gasteiger partial charge in [-0.25, -0.2) is 0 Å². The number of nitrogens with zero attached hydrogens (tertiary/aromatic N) is 2. The first-order valence-corrected chi connectivity index (χ1v) is 5.16. The Balaban J connectivity index is 1.93. The van der Waals surface area contributed by atoms with E-state index in [4.69, 9.17) is 5.26 Å². The molecule has 1 fully saturated rings. The van der Waals surface area contributed by atoms with E-state index in [1.54, 1.807) is 6.20 Å². The smallest absolute Gasteiger partial charge is 0.101 e. The predicted octanol–water partition coefficient (Wildman–Crippen LogP) is 1.33. The fraction of sp³-hybridized carbons (Fsp3) is 0.333. The van der Waals surface area contributed by atoms with Crippen molar-refractivity contribution in [3.8, 4) is 6.07 Å². The number of pyridine rings is 1. The number of hydrogen-bond donors (Lipinski definition) is 1. The molecule has 2 aliphatic rings. The Kier molecular flexibility index (Phi) is 1.83. The van der Waals surface area contributed by atoms with Gasteiger partial charge < -0.3 is 5.32 Å². The van der Waals surface area contributed by atoms with Crippen molar-refractivity contribution in [2.24, 2.45) is 5.92 Å². The lowest BCUT2D eigenvalue weighted by molar-refractivity contribution is 0.306. The lowest BCUT2D eigenvalue weighted by Crippen LogP contribution is -2.49. The van der Waals surface area contributed by atoms with Gasteiger partial charge in [0.05, 0.1) is 5.56 Å². The second-order valence-corrected chi connectivity index (χ2v) is 4.15. The third-order valence-electron chi connectivity index (χ3n) is 3.23. The van der Waals surface area contributed by atoms with Gasteiger partial charge in [-0.3, -0.25) is 4.98 Å². The van der Waals surface area contributed by atoms with Gasteiger partial charge in [-0.05, 0) is 23.6 Å². The van der Waals surface area contributed by atoms with E-state index in [0.29, 0.717) is 17.5 Å². The van der Waals surface area contributed by atoms with Gasteiger partial charge in [-0.15, -0.1) is 0 Å². The lowest BCUT2D eigenvalue weighted by Gasteiger charge is -2.31. The fourth-order valence-corrected chi connectivity index (χ4v) is 2.27. The summed E-state index contributed by atoms with van der Waals surface area (Å²) >= 11 is 0. The van der Waals surface area contributed by atoms with Gasteiger partial charge in [0.2, 0.25) is 0 Å². The van der Waals surface area contributed by atoms with E-state index in [1.165, 1.54) is 5.57 Å². The van der Waals surface area contributed by atoms with Crippen molar-refractivity contribution in [2.75, 3.05) is 6.54 Å². The second kappa shape index (κ2) is 3.18. The summed E-state index contributed by atoms with van der Waals surface area (Å²) in [5.74, 6) is 0.700. The molecule has 1 aromatic rings. The van der Waals surface area contributed by atoms with Crippen LogP contribution in [0.3, 0.4) is 0 Å². The molecule has 1 saturated heterocycles. The Morgan fingerprint density at radius 1 is 1.47 bits per heavy atom. The van der Waals surface area contributed by atoms with Crippen LogP contribution in [0.5, 0.6) is 0 Å². The molecule has 2 heterocycles. The van der Waals surface area contributed by atoms with Crippen molar-refractivity contribution >= 4 is 5.57 Å². The highest BCUT2D eigenvalue weighted by atomic mass is 15.0. The zero-order chi connectivity index (χ0) is 10.3. The first-order chi connectivity index (χ1) is 7.36. The van der Waals surface area contributed by atoms with E-state index in [0.717, 1.165) is 18.5 Å². The molecule has 15 heavy (non-hydrogen) atoms. The summed E-state index contributed by atoms with van der Waals surface area (Å²) < 4.78 is 0. The van der Waals surface area contributed by atoms with Crippen LogP contribution in [0.4, 0.5) is 0 Å². The minimum atomic E-state index is 0.630. The number of fused-ring (bicyclic) bond motifs is 1. The van der Waals surface area contributed by atoms with Gasteiger partial charge in [0.15, 0.2) is 0 Å². The van der Waals surface area contributed by atoms with Crippen LogP contribution in [0.1, 0.15) is 17.5 Å². The number of nitriles is 1. The molecule has 74 valence electrons. The molecule has 0 amide bonds. The Bertz CT molecular complexity index is 470. The zero-order valence-corrected chi connectivity index (χ0v) is 8.27. The summed E-state index contributed by atoms with van der Waals surface area (Å²) in [4.78, 5) is 4.09.